The van der Waals surface area contributed by atoms with Crippen LogP contribution >= 0.6 is 11.8 Å². The summed E-state index contributed by atoms with van der Waals surface area (Å²) in [6, 6.07) is 12.5. The first kappa shape index (κ1) is 34.5. The molecule has 0 atom stereocenters. The van der Waals surface area contributed by atoms with E-state index in [4.69, 9.17) is 9.40 Å². The smallest absolute Gasteiger partial charge is 0.446 e. The molecule has 0 radical (unpaired) electrons. The number of anilines is 2. The van der Waals surface area contributed by atoms with E-state index in [1.165, 1.54) is 35.5 Å². The summed E-state index contributed by atoms with van der Waals surface area (Å²) in [5, 5.41) is 18.5. The molecule has 4 aromatic heterocycles. The number of furan rings is 1. The molecule has 0 bridgehead atoms. The van der Waals surface area contributed by atoms with Gasteiger partial charge in [-0.3, -0.25) is 14.4 Å². The van der Waals surface area contributed by atoms with Crippen LogP contribution in [0, 0.1) is 6.92 Å². The first-order valence-corrected chi connectivity index (χ1v) is 16.9. The summed E-state index contributed by atoms with van der Waals surface area (Å²) in [4.78, 5) is 57.0. The molecule has 6 aromatic rings. The molecule has 18 heteroatoms. The predicted molar refractivity (Wildman–Crippen MR) is 185 cm³/mol. The second kappa shape index (κ2) is 13.7. The third-order valence-corrected chi connectivity index (χ3v) is 9.38. The summed E-state index contributed by atoms with van der Waals surface area (Å²) in [5.74, 6) is -0.951. The van der Waals surface area contributed by atoms with E-state index in [1.54, 1.807) is 29.9 Å². The van der Waals surface area contributed by atoms with Crippen molar-refractivity contribution in [3.63, 3.8) is 0 Å². The van der Waals surface area contributed by atoms with E-state index in [2.05, 4.69) is 20.4 Å². The van der Waals surface area contributed by atoms with Gasteiger partial charge in [-0.1, -0.05) is 19.1 Å². The van der Waals surface area contributed by atoms with E-state index in [1.807, 2.05) is 24.0 Å². The Kier molecular flexibility index (Phi) is 9.08. The van der Waals surface area contributed by atoms with Crippen LogP contribution < -0.4 is 15.8 Å². The van der Waals surface area contributed by atoms with Crippen molar-refractivity contribution < 1.29 is 32.3 Å². The molecule has 0 spiro atoms. The van der Waals surface area contributed by atoms with Crippen LogP contribution in [-0.2, 0) is 17.8 Å². The van der Waals surface area contributed by atoms with Crippen LogP contribution in [0.25, 0.3) is 28.1 Å². The minimum absolute atomic E-state index is 0.0278. The van der Waals surface area contributed by atoms with Gasteiger partial charge in [0.25, 0.3) is 11.5 Å². The highest BCUT2D eigenvalue weighted by atomic mass is 32.2. The average Bonchev–Trinajstić information content (AvgIpc) is 3.78. The van der Waals surface area contributed by atoms with Crippen LogP contribution in [-0.4, -0.2) is 82.6 Å². The van der Waals surface area contributed by atoms with E-state index >= 15 is 0 Å². The van der Waals surface area contributed by atoms with E-state index in [9.17, 15) is 32.7 Å². The molecule has 1 fully saturated rings. The van der Waals surface area contributed by atoms with Crippen LogP contribution in [0.5, 0.6) is 5.75 Å². The van der Waals surface area contributed by atoms with Crippen LogP contribution in [0.4, 0.5) is 24.5 Å². The Balaban J connectivity index is 1.23. The number of carbonyl (C=O) groups excluding carboxylic acids is 2. The van der Waals surface area contributed by atoms with Crippen molar-refractivity contribution >= 4 is 51.7 Å². The number of nitrogens with zero attached hydrogens (tertiary/aromatic N) is 8. The maximum absolute atomic E-state index is 14.3. The minimum Gasteiger partial charge on any atom is -0.504 e. The van der Waals surface area contributed by atoms with Crippen molar-refractivity contribution in [2.24, 2.45) is 0 Å². The fraction of sp³-hybridized carbons (Fsp3) is 0.265. The topological polar surface area (TPSA) is 164 Å². The summed E-state index contributed by atoms with van der Waals surface area (Å²) in [7, 11) is 0. The summed E-state index contributed by atoms with van der Waals surface area (Å²) < 4.78 is 46.8. The molecule has 52 heavy (non-hydrogen) atoms. The van der Waals surface area contributed by atoms with Gasteiger partial charge in [-0.25, -0.2) is 9.97 Å². The van der Waals surface area contributed by atoms with E-state index in [0.29, 0.717) is 23.3 Å². The van der Waals surface area contributed by atoms with Gasteiger partial charge in [0.05, 0.1) is 17.7 Å². The lowest BCUT2D eigenvalue weighted by Gasteiger charge is -2.36. The van der Waals surface area contributed by atoms with Crippen LogP contribution in [0.15, 0.2) is 75.2 Å². The van der Waals surface area contributed by atoms with Crippen LogP contribution in [0.2, 0.25) is 0 Å². The maximum Gasteiger partial charge on any atom is 0.446 e. The van der Waals surface area contributed by atoms with Crippen molar-refractivity contribution in [3.8, 4) is 17.1 Å². The second-order valence-corrected chi connectivity index (χ2v) is 13.1. The number of benzene rings is 2. The molecular weight excluding hydrogens is 703 g/mol. The molecule has 2 N–H and O–H groups in total. The maximum atomic E-state index is 14.3. The third-order valence-electron chi connectivity index (χ3n) is 8.64. The van der Waals surface area contributed by atoms with Gasteiger partial charge in [0, 0.05) is 47.7 Å². The lowest BCUT2D eigenvalue weighted by atomic mass is 10.1. The van der Waals surface area contributed by atoms with Gasteiger partial charge >= 0.3 is 5.51 Å². The number of halogens is 3. The largest absolute Gasteiger partial charge is 0.504 e. The highest BCUT2D eigenvalue weighted by Gasteiger charge is 2.31. The molecule has 0 aliphatic carbocycles. The number of aryl methyl sites for hydroxylation is 1. The monoisotopic (exact) mass is 733 g/mol. The number of thioether (sulfide) groups is 1. The molecule has 1 aliphatic heterocycles. The Labute approximate surface area is 296 Å². The molecule has 268 valence electrons. The van der Waals surface area contributed by atoms with Crippen molar-refractivity contribution in [2.75, 3.05) is 36.4 Å². The Morgan fingerprint density at radius 1 is 1.04 bits per heavy atom. The number of alkyl halides is 3. The first-order valence-electron chi connectivity index (χ1n) is 16.1. The fourth-order valence-corrected chi connectivity index (χ4v) is 6.68. The lowest BCUT2D eigenvalue weighted by Crippen LogP contribution is -2.51. The van der Waals surface area contributed by atoms with Gasteiger partial charge < -0.3 is 29.2 Å². The number of carbonyl (C=O) groups is 2. The van der Waals surface area contributed by atoms with Crippen molar-refractivity contribution in [3.05, 3.63) is 88.6 Å². The number of piperazine rings is 1. The normalized spacial score (nSPS) is 13.6. The van der Waals surface area contributed by atoms with Gasteiger partial charge in [-0.05, 0) is 61.5 Å². The highest BCUT2D eigenvalue weighted by Crippen LogP contribution is 2.37. The Morgan fingerprint density at radius 3 is 2.50 bits per heavy atom. The standard InChI is InChI=1S/C34H30F3N9O5S/c1-3-24-28(43-11-13-44(14-12-43)31(49)27-29(48)19(2)38-18-39-27)32(50)46-33(41-30(42-46)21-5-4-20-10-15-51-25(20)16-21)45(24)17-26(47)40-22-6-8-23(9-7-22)52-34(35,36)37/h4-10,15-16,18,48H,3,11-14,17H2,1-2H3,(H,40,47). The van der Waals surface area contributed by atoms with E-state index in [-0.39, 0.29) is 89.5 Å². The molecule has 0 saturated carbocycles. The number of aromatic nitrogens is 6. The fourth-order valence-electron chi connectivity index (χ4n) is 6.14. The first-order chi connectivity index (χ1) is 24.9. The summed E-state index contributed by atoms with van der Waals surface area (Å²) in [6.45, 7) is 4.00. The predicted octanol–water partition coefficient (Wildman–Crippen LogP) is 4.88. The SMILES string of the molecule is CCc1c(N2CCN(C(=O)c3ncnc(C)c3O)CC2)c(=O)n2nc(-c3ccc4ccoc4c3)nc2n1CC(=O)Nc1ccc(SC(F)(F)F)cc1. The molecule has 0 unspecified atom stereocenters. The number of nitrogens with one attached hydrogen (secondary N) is 1. The lowest BCUT2D eigenvalue weighted by molar-refractivity contribution is -0.116. The van der Waals surface area contributed by atoms with Crippen molar-refractivity contribution in [2.45, 2.75) is 37.2 Å². The van der Waals surface area contributed by atoms with E-state index in [0.717, 1.165) is 9.90 Å². The van der Waals surface area contributed by atoms with Gasteiger partial charge in [0.1, 0.15) is 24.1 Å². The van der Waals surface area contributed by atoms with Crippen molar-refractivity contribution in [1.29, 1.82) is 0 Å². The molecule has 2 amide bonds. The number of rotatable bonds is 8. The highest BCUT2D eigenvalue weighted by molar-refractivity contribution is 8.00. The number of amides is 2. The molecule has 1 saturated heterocycles. The average molecular weight is 734 g/mol. The van der Waals surface area contributed by atoms with E-state index < -0.39 is 22.9 Å². The number of fused-ring (bicyclic) bond motifs is 2. The van der Waals surface area contributed by atoms with Gasteiger partial charge in [0.2, 0.25) is 11.7 Å². The molecule has 7 rings (SSSR count). The Hall–Kier alpha value is -5.91. The van der Waals surface area contributed by atoms with Crippen LogP contribution in [0.1, 0.15) is 28.8 Å². The zero-order valence-electron chi connectivity index (χ0n) is 27.7. The number of aromatic hydroxyl groups is 1. The molecule has 14 nitrogen and oxygen atoms in total. The molecule has 2 aromatic carbocycles. The molecule has 1 aliphatic rings. The van der Waals surface area contributed by atoms with Gasteiger partial charge in [0.15, 0.2) is 17.3 Å². The van der Waals surface area contributed by atoms with Gasteiger partial charge in [-0.15, -0.1) is 5.10 Å². The Bertz CT molecular complexity index is 2380. The zero-order valence-corrected chi connectivity index (χ0v) is 28.5. The minimum atomic E-state index is -4.45. The van der Waals surface area contributed by atoms with Crippen molar-refractivity contribution in [1.82, 2.24) is 34.0 Å². The Morgan fingerprint density at radius 2 is 1.79 bits per heavy atom. The number of hydrogen-bond acceptors (Lipinski definition) is 11. The number of hydrogen-bond donors (Lipinski definition) is 2. The zero-order chi connectivity index (χ0) is 36.7. The third kappa shape index (κ3) is 6.75. The summed E-state index contributed by atoms with van der Waals surface area (Å²) in [5.41, 5.74) is -2.52. The second-order valence-electron chi connectivity index (χ2n) is 11.9. The van der Waals surface area contributed by atoms with Gasteiger partial charge in [-0.2, -0.15) is 22.7 Å². The quantitative estimate of drug-likeness (QED) is 0.205. The molecule has 5 heterocycles. The molecular formula is C34H30F3N9O5S. The summed E-state index contributed by atoms with van der Waals surface area (Å²) >= 11 is -0.257. The van der Waals surface area contributed by atoms with Crippen LogP contribution in [0.3, 0.4) is 0 Å². The summed E-state index contributed by atoms with van der Waals surface area (Å²) in [6.07, 6.45) is 3.08.